The SMILES string of the molecule is C#CC(=O)N(C)C(C)C(C)C. The molecule has 1 atom stereocenters. The Bertz CT molecular complexity index is 178. The van der Waals surface area contributed by atoms with E-state index in [9.17, 15) is 4.79 Å². The Hall–Kier alpha value is -0.970. The van der Waals surface area contributed by atoms with Gasteiger partial charge in [-0.25, -0.2) is 0 Å². The summed E-state index contributed by atoms with van der Waals surface area (Å²) in [5.41, 5.74) is 0. The summed E-state index contributed by atoms with van der Waals surface area (Å²) < 4.78 is 0. The molecule has 11 heavy (non-hydrogen) atoms. The summed E-state index contributed by atoms with van der Waals surface area (Å²) in [6.07, 6.45) is 4.97. The molecular weight excluding hydrogens is 138 g/mol. The van der Waals surface area contributed by atoms with E-state index in [1.807, 2.05) is 6.92 Å². The highest BCUT2D eigenvalue weighted by molar-refractivity contribution is 5.92. The standard InChI is InChI=1S/C9H15NO/c1-6-9(11)10(5)8(4)7(2)3/h1,7-8H,2-5H3. The van der Waals surface area contributed by atoms with Crippen molar-refractivity contribution in [1.82, 2.24) is 4.90 Å². The minimum atomic E-state index is -0.244. The van der Waals surface area contributed by atoms with Crippen molar-refractivity contribution in [2.24, 2.45) is 5.92 Å². The van der Waals surface area contributed by atoms with Crippen LogP contribution in [0.4, 0.5) is 0 Å². The third-order valence-electron chi connectivity index (χ3n) is 2.02. The average molecular weight is 153 g/mol. The summed E-state index contributed by atoms with van der Waals surface area (Å²) in [5.74, 6) is 2.29. The molecule has 0 spiro atoms. The van der Waals surface area contributed by atoms with Gasteiger partial charge in [-0.1, -0.05) is 13.8 Å². The Morgan fingerprint density at radius 2 is 1.91 bits per heavy atom. The number of carbonyl (C=O) groups is 1. The van der Waals surface area contributed by atoms with Crippen LogP contribution in [0.25, 0.3) is 0 Å². The maximum absolute atomic E-state index is 10.9. The lowest BCUT2D eigenvalue weighted by Crippen LogP contribution is -2.37. The van der Waals surface area contributed by atoms with E-state index in [1.165, 1.54) is 0 Å². The van der Waals surface area contributed by atoms with Crippen molar-refractivity contribution in [3.63, 3.8) is 0 Å². The smallest absolute Gasteiger partial charge is 0.298 e. The fourth-order valence-electron chi connectivity index (χ4n) is 0.734. The molecule has 0 aliphatic carbocycles. The molecule has 0 radical (unpaired) electrons. The first kappa shape index (κ1) is 10.0. The number of rotatable bonds is 2. The van der Waals surface area contributed by atoms with E-state index in [2.05, 4.69) is 19.8 Å². The van der Waals surface area contributed by atoms with Crippen LogP contribution in [0.15, 0.2) is 0 Å². The van der Waals surface area contributed by atoms with Gasteiger partial charge in [0.05, 0.1) is 0 Å². The maximum atomic E-state index is 10.9. The van der Waals surface area contributed by atoms with Crippen molar-refractivity contribution >= 4 is 5.91 Å². The van der Waals surface area contributed by atoms with Gasteiger partial charge in [0.2, 0.25) is 0 Å². The van der Waals surface area contributed by atoms with E-state index in [1.54, 1.807) is 11.9 Å². The van der Waals surface area contributed by atoms with Gasteiger partial charge in [-0.15, -0.1) is 6.42 Å². The molecule has 0 N–H and O–H groups in total. The highest BCUT2D eigenvalue weighted by Gasteiger charge is 2.15. The van der Waals surface area contributed by atoms with Crippen LogP contribution in [-0.4, -0.2) is 23.9 Å². The van der Waals surface area contributed by atoms with Crippen molar-refractivity contribution in [2.45, 2.75) is 26.8 Å². The highest BCUT2D eigenvalue weighted by atomic mass is 16.2. The first-order chi connectivity index (χ1) is 5.00. The summed E-state index contributed by atoms with van der Waals surface area (Å²) >= 11 is 0. The molecular formula is C9H15NO. The fourth-order valence-corrected chi connectivity index (χ4v) is 0.734. The summed E-state index contributed by atoms with van der Waals surface area (Å²) in [6, 6.07) is 0.207. The molecule has 1 amide bonds. The third-order valence-corrected chi connectivity index (χ3v) is 2.02. The Labute approximate surface area is 68.6 Å². The van der Waals surface area contributed by atoms with Crippen LogP contribution in [0.2, 0.25) is 0 Å². The molecule has 0 saturated heterocycles. The normalized spacial score (nSPS) is 12.4. The van der Waals surface area contributed by atoms with Gasteiger partial charge in [-0.3, -0.25) is 4.79 Å². The second kappa shape index (κ2) is 4.02. The van der Waals surface area contributed by atoms with Gasteiger partial charge < -0.3 is 4.90 Å². The van der Waals surface area contributed by atoms with Crippen molar-refractivity contribution in [2.75, 3.05) is 7.05 Å². The number of hydrogen-bond acceptors (Lipinski definition) is 1. The van der Waals surface area contributed by atoms with Crippen molar-refractivity contribution in [3.05, 3.63) is 0 Å². The Morgan fingerprint density at radius 3 is 2.18 bits per heavy atom. The van der Waals surface area contributed by atoms with Crippen molar-refractivity contribution in [3.8, 4) is 12.3 Å². The lowest BCUT2D eigenvalue weighted by Gasteiger charge is -2.25. The number of carbonyl (C=O) groups excluding carboxylic acids is 1. The van der Waals surface area contributed by atoms with Gasteiger partial charge in [0.15, 0.2) is 0 Å². The molecule has 0 aromatic carbocycles. The van der Waals surface area contributed by atoms with Crippen LogP contribution in [0, 0.1) is 18.3 Å². The van der Waals surface area contributed by atoms with Crippen LogP contribution < -0.4 is 0 Å². The summed E-state index contributed by atoms with van der Waals surface area (Å²) in [5, 5.41) is 0. The zero-order chi connectivity index (χ0) is 9.02. The Kier molecular flexibility index (Phi) is 3.67. The first-order valence-electron chi connectivity index (χ1n) is 3.74. The fraction of sp³-hybridized carbons (Fsp3) is 0.667. The van der Waals surface area contributed by atoms with Crippen LogP contribution in [0.1, 0.15) is 20.8 Å². The van der Waals surface area contributed by atoms with Crippen LogP contribution in [0.3, 0.4) is 0 Å². The van der Waals surface area contributed by atoms with E-state index in [0.717, 1.165) is 0 Å². The molecule has 0 aromatic heterocycles. The lowest BCUT2D eigenvalue weighted by molar-refractivity contribution is -0.126. The second-order valence-corrected chi connectivity index (χ2v) is 3.05. The van der Waals surface area contributed by atoms with Gasteiger partial charge in [-0.2, -0.15) is 0 Å². The van der Waals surface area contributed by atoms with Gasteiger partial charge in [0.1, 0.15) is 0 Å². The quantitative estimate of drug-likeness (QED) is 0.544. The number of nitrogens with zero attached hydrogens (tertiary/aromatic N) is 1. The van der Waals surface area contributed by atoms with Crippen molar-refractivity contribution < 1.29 is 4.79 Å². The average Bonchev–Trinajstić information content (AvgIpc) is 2.00. The molecule has 0 fully saturated rings. The monoisotopic (exact) mass is 153 g/mol. The molecule has 0 aliphatic heterocycles. The molecule has 2 nitrogen and oxygen atoms in total. The Morgan fingerprint density at radius 1 is 1.45 bits per heavy atom. The highest BCUT2D eigenvalue weighted by Crippen LogP contribution is 2.07. The van der Waals surface area contributed by atoms with E-state index < -0.39 is 0 Å². The molecule has 0 heterocycles. The topological polar surface area (TPSA) is 20.3 Å². The van der Waals surface area contributed by atoms with E-state index >= 15 is 0 Å². The summed E-state index contributed by atoms with van der Waals surface area (Å²) in [7, 11) is 1.73. The molecule has 62 valence electrons. The predicted molar refractivity (Wildman–Crippen MR) is 45.9 cm³/mol. The zero-order valence-corrected chi connectivity index (χ0v) is 7.59. The molecule has 2 heteroatoms. The summed E-state index contributed by atoms with van der Waals surface area (Å²) in [4.78, 5) is 12.5. The Balaban J connectivity index is 4.15. The molecule has 1 unspecified atom stereocenters. The number of terminal acetylenes is 1. The largest absolute Gasteiger partial charge is 0.332 e. The minimum absolute atomic E-state index is 0.207. The molecule has 0 rings (SSSR count). The van der Waals surface area contributed by atoms with Crippen LogP contribution >= 0.6 is 0 Å². The summed E-state index contributed by atoms with van der Waals surface area (Å²) in [6.45, 7) is 6.11. The minimum Gasteiger partial charge on any atom is -0.332 e. The predicted octanol–water partition coefficient (Wildman–Crippen LogP) is 1.12. The van der Waals surface area contributed by atoms with Crippen LogP contribution in [0.5, 0.6) is 0 Å². The second-order valence-electron chi connectivity index (χ2n) is 3.05. The first-order valence-corrected chi connectivity index (χ1v) is 3.74. The number of amides is 1. The van der Waals surface area contributed by atoms with Gasteiger partial charge in [0, 0.05) is 13.1 Å². The lowest BCUT2D eigenvalue weighted by atomic mass is 10.1. The van der Waals surface area contributed by atoms with Gasteiger partial charge in [0.25, 0.3) is 5.91 Å². The molecule has 0 bridgehead atoms. The molecule has 0 aromatic rings. The van der Waals surface area contributed by atoms with Crippen LogP contribution in [-0.2, 0) is 4.79 Å². The van der Waals surface area contributed by atoms with Crippen molar-refractivity contribution in [1.29, 1.82) is 0 Å². The van der Waals surface area contributed by atoms with Gasteiger partial charge in [-0.05, 0) is 18.8 Å². The van der Waals surface area contributed by atoms with Gasteiger partial charge >= 0.3 is 0 Å². The van der Waals surface area contributed by atoms with E-state index in [4.69, 9.17) is 6.42 Å². The molecule has 0 aliphatic rings. The van der Waals surface area contributed by atoms with E-state index in [0.29, 0.717) is 5.92 Å². The third kappa shape index (κ3) is 2.63. The zero-order valence-electron chi connectivity index (χ0n) is 7.59. The number of hydrogen-bond donors (Lipinski definition) is 0. The molecule has 0 saturated carbocycles. The maximum Gasteiger partial charge on any atom is 0.298 e. The van der Waals surface area contributed by atoms with E-state index in [-0.39, 0.29) is 11.9 Å².